The minimum atomic E-state index is 0.537. The Kier molecular flexibility index (Phi) is 3.24. The Balaban J connectivity index is 2.10. The van der Waals surface area contributed by atoms with E-state index in [0.717, 1.165) is 22.7 Å². The number of halogens is 1. The molecule has 0 aliphatic rings. The van der Waals surface area contributed by atoms with E-state index in [1.807, 2.05) is 43.3 Å². The fourth-order valence-electron chi connectivity index (χ4n) is 2.16. The smallest absolute Gasteiger partial charge is 0.140 e. The van der Waals surface area contributed by atoms with Crippen LogP contribution in [0.5, 0.6) is 5.75 Å². The minimum Gasteiger partial charge on any atom is -0.494 e. The molecule has 20 heavy (non-hydrogen) atoms. The van der Waals surface area contributed by atoms with E-state index < -0.39 is 0 Å². The van der Waals surface area contributed by atoms with Crippen molar-refractivity contribution in [2.75, 3.05) is 12.3 Å². The van der Waals surface area contributed by atoms with Crippen LogP contribution in [-0.4, -0.2) is 16.0 Å². The zero-order valence-corrected chi connectivity index (χ0v) is 11.8. The van der Waals surface area contributed by atoms with Gasteiger partial charge in [0.25, 0.3) is 0 Å². The average molecular weight is 288 g/mol. The molecular weight excluding hydrogens is 274 g/mol. The molecule has 0 aliphatic carbocycles. The number of benzene rings is 1. The Morgan fingerprint density at radius 1 is 1.20 bits per heavy atom. The third-order valence-corrected chi connectivity index (χ3v) is 3.37. The summed E-state index contributed by atoms with van der Waals surface area (Å²) in [5.41, 5.74) is 8.55. The number of hydrogen-bond donors (Lipinski definition) is 1. The lowest BCUT2D eigenvalue weighted by Gasteiger charge is -2.04. The standard InChI is InChI=1S/C15H14ClN3O/c1-2-20-11-8-6-10(7-9-11)14-15(17)19-12(16)4-3-5-13(19)18-14/h3-9H,2,17H2,1H3. The molecule has 0 atom stereocenters. The van der Waals surface area contributed by atoms with E-state index in [1.165, 1.54) is 0 Å². The van der Waals surface area contributed by atoms with E-state index in [9.17, 15) is 0 Å². The maximum Gasteiger partial charge on any atom is 0.140 e. The van der Waals surface area contributed by atoms with Crippen LogP contribution in [0.4, 0.5) is 5.82 Å². The van der Waals surface area contributed by atoms with Gasteiger partial charge in [0, 0.05) is 5.56 Å². The van der Waals surface area contributed by atoms with Gasteiger partial charge in [0.05, 0.1) is 6.61 Å². The van der Waals surface area contributed by atoms with Crippen molar-refractivity contribution in [2.45, 2.75) is 6.92 Å². The van der Waals surface area contributed by atoms with Crippen molar-refractivity contribution in [3.63, 3.8) is 0 Å². The summed E-state index contributed by atoms with van der Waals surface area (Å²) >= 11 is 6.15. The number of imidazole rings is 1. The second-order valence-corrected chi connectivity index (χ2v) is 4.73. The summed E-state index contributed by atoms with van der Waals surface area (Å²) in [6.07, 6.45) is 0. The lowest BCUT2D eigenvalue weighted by molar-refractivity contribution is 0.340. The van der Waals surface area contributed by atoms with Crippen molar-refractivity contribution in [3.05, 3.63) is 47.6 Å². The van der Waals surface area contributed by atoms with Crippen LogP contribution in [0.15, 0.2) is 42.5 Å². The van der Waals surface area contributed by atoms with Gasteiger partial charge in [-0.05, 0) is 43.3 Å². The number of aromatic nitrogens is 2. The molecule has 0 unspecified atom stereocenters. The van der Waals surface area contributed by atoms with E-state index in [2.05, 4.69) is 4.98 Å². The lowest BCUT2D eigenvalue weighted by Crippen LogP contribution is -1.95. The largest absolute Gasteiger partial charge is 0.494 e. The molecule has 0 aliphatic heterocycles. The Morgan fingerprint density at radius 2 is 1.95 bits per heavy atom. The predicted octanol–water partition coefficient (Wildman–Crippen LogP) is 3.64. The van der Waals surface area contributed by atoms with Crippen molar-refractivity contribution in [1.82, 2.24) is 9.38 Å². The molecule has 4 nitrogen and oxygen atoms in total. The number of nitrogens with zero attached hydrogens (tertiary/aromatic N) is 2. The van der Waals surface area contributed by atoms with Crippen molar-refractivity contribution >= 4 is 23.1 Å². The number of pyridine rings is 1. The average Bonchev–Trinajstić information content (AvgIpc) is 2.79. The lowest BCUT2D eigenvalue weighted by atomic mass is 10.1. The van der Waals surface area contributed by atoms with Crippen molar-refractivity contribution in [3.8, 4) is 17.0 Å². The topological polar surface area (TPSA) is 52.5 Å². The molecule has 0 spiro atoms. The van der Waals surface area contributed by atoms with Crippen molar-refractivity contribution < 1.29 is 4.74 Å². The first-order chi connectivity index (χ1) is 9.70. The number of anilines is 1. The van der Waals surface area contributed by atoms with Gasteiger partial charge in [0.2, 0.25) is 0 Å². The summed E-state index contributed by atoms with van der Waals surface area (Å²) in [6.45, 7) is 2.60. The van der Waals surface area contributed by atoms with Gasteiger partial charge >= 0.3 is 0 Å². The highest BCUT2D eigenvalue weighted by atomic mass is 35.5. The molecule has 2 aromatic heterocycles. The van der Waals surface area contributed by atoms with E-state index in [1.54, 1.807) is 10.5 Å². The van der Waals surface area contributed by atoms with Crippen LogP contribution in [0.3, 0.4) is 0 Å². The number of nitrogen functional groups attached to an aromatic ring is 1. The van der Waals surface area contributed by atoms with E-state index >= 15 is 0 Å². The maximum atomic E-state index is 6.15. The number of ether oxygens (including phenoxy) is 1. The summed E-state index contributed by atoms with van der Waals surface area (Å²) in [5.74, 6) is 1.37. The van der Waals surface area contributed by atoms with Crippen LogP contribution in [0.2, 0.25) is 5.15 Å². The van der Waals surface area contributed by atoms with Gasteiger partial charge in [-0.15, -0.1) is 0 Å². The third-order valence-electron chi connectivity index (χ3n) is 3.07. The Morgan fingerprint density at radius 3 is 2.60 bits per heavy atom. The highest BCUT2D eigenvalue weighted by Crippen LogP contribution is 2.29. The third kappa shape index (κ3) is 2.08. The normalized spacial score (nSPS) is 10.9. The number of nitrogens with two attached hydrogens (primary N) is 1. The second-order valence-electron chi connectivity index (χ2n) is 4.35. The molecule has 0 radical (unpaired) electrons. The summed E-state index contributed by atoms with van der Waals surface area (Å²) < 4.78 is 7.16. The maximum absolute atomic E-state index is 6.15. The fraction of sp³-hybridized carbons (Fsp3) is 0.133. The Hall–Kier alpha value is -2.20. The molecule has 1 aromatic carbocycles. The molecule has 5 heteroatoms. The van der Waals surface area contributed by atoms with Crippen LogP contribution in [0, 0.1) is 0 Å². The van der Waals surface area contributed by atoms with Gasteiger partial charge in [0.1, 0.15) is 28.1 Å². The Bertz CT molecular complexity index is 750. The van der Waals surface area contributed by atoms with Crippen molar-refractivity contribution in [1.29, 1.82) is 0 Å². The van der Waals surface area contributed by atoms with Gasteiger partial charge in [-0.1, -0.05) is 17.7 Å². The summed E-state index contributed by atoms with van der Waals surface area (Å²) in [4.78, 5) is 4.53. The van der Waals surface area contributed by atoms with E-state index in [4.69, 9.17) is 22.1 Å². The molecular formula is C15H14ClN3O. The first-order valence-corrected chi connectivity index (χ1v) is 6.74. The van der Waals surface area contributed by atoms with Crippen LogP contribution in [0.25, 0.3) is 16.9 Å². The molecule has 3 rings (SSSR count). The van der Waals surface area contributed by atoms with Gasteiger partial charge in [-0.25, -0.2) is 4.98 Å². The second kappa shape index (κ2) is 5.06. The van der Waals surface area contributed by atoms with Crippen LogP contribution >= 0.6 is 11.6 Å². The van der Waals surface area contributed by atoms with Crippen LogP contribution in [-0.2, 0) is 0 Å². The Labute approximate surface area is 121 Å². The highest BCUT2D eigenvalue weighted by Gasteiger charge is 2.12. The van der Waals surface area contributed by atoms with E-state index in [0.29, 0.717) is 17.6 Å². The number of hydrogen-bond acceptors (Lipinski definition) is 3. The first-order valence-electron chi connectivity index (χ1n) is 6.36. The van der Waals surface area contributed by atoms with Gasteiger partial charge in [0.15, 0.2) is 0 Å². The highest BCUT2D eigenvalue weighted by molar-refractivity contribution is 6.30. The quantitative estimate of drug-likeness (QED) is 0.748. The van der Waals surface area contributed by atoms with E-state index in [-0.39, 0.29) is 0 Å². The van der Waals surface area contributed by atoms with Crippen molar-refractivity contribution in [2.24, 2.45) is 0 Å². The molecule has 2 heterocycles. The monoisotopic (exact) mass is 287 g/mol. The molecule has 0 saturated carbocycles. The number of rotatable bonds is 3. The molecule has 0 fully saturated rings. The summed E-state index contributed by atoms with van der Waals surface area (Å²) in [5, 5.41) is 0.546. The zero-order chi connectivity index (χ0) is 14.1. The first kappa shape index (κ1) is 12.8. The molecule has 0 amide bonds. The zero-order valence-electron chi connectivity index (χ0n) is 11.0. The predicted molar refractivity (Wildman–Crippen MR) is 81.2 cm³/mol. The van der Waals surface area contributed by atoms with Gasteiger partial charge in [-0.2, -0.15) is 0 Å². The summed E-state index contributed by atoms with van der Waals surface area (Å²) in [6, 6.07) is 13.2. The van der Waals surface area contributed by atoms with Crippen LogP contribution < -0.4 is 10.5 Å². The summed E-state index contributed by atoms with van der Waals surface area (Å²) in [7, 11) is 0. The minimum absolute atomic E-state index is 0.537. The molecule has 2 N–H and O–H groups in total. The molecule has 0 saturated heterocycles. The SMILES string of the molecule is CCOc1ccc(-c2nc3cccc(Cl)n3c2N)cc1. The van der Waals surface area contributed by atoms with Crippen LogP contribution in [0.1, 0.15) is 6.92 Å². The fourth-order valence-corrected chi connectivity index (χ4v) is 2.41. The molecule has 102 valence electrons. The molecule has 0 bridgehead atoms. The van der Waals surface area contributed by atoms with Gasteiger partial charge in [-0.3, -0.25) is 4.40 Å². The van der Waals surface area contributed by atoms with Gasteiger partial charge < -0.3 is 10.5 Å². The number of fused-ring (bicyclic) bond motifs is 1. The molecule has 3 aromatic rings.